The maximum absolute atomic E-state index is 12.4. The molecule has 3 heterocycles. The normalized spacial score (nSPS) is 20.3. The van der Waals surface area contributed by atoms with Crippen LogP contribution in [0.4, 0.5) is 0 Å². The van der Waals surface area contributed by atoms with Crippen molar-refractivity contribution in [3.8, 4) is 0 Å². The Morgan fingerprint density at radius 3 is 2.59 bits per heavy atom. The Kier molecular flexibility index (Phi) is 5.63. The number of hydrogen-bond donors (Lipinski definition) is 1. The Morgan fingerprint density at radius 2 is 2.00 bits per heavy atom. The highest BCUT2D eigenvalue weighted by molar-refractivity contribution is 6.30. The Labute approximate surface area is 165 Å². The zero-order chi connectivity index (χ0) is 19.9. The molecule has 8 heteroatoms. The van der Waals surface area contributed by atoms with Crippen LogP contribution in [0.3, 0.4) is 0 Å². The molecule has 7 nitrogen and oxygen atoms in total. The fourth-order valence-corrected chi connectivity index (χ4v) is 4.18. The van der Waals surface area contributed by atoms with Gasteiger partial charge in [-0.05, 0) is 12.8 Å². The van der Waals surface area contributed by atoms with Gasteiger partial charge >= 0.3 is 0 Å². The molecule has 2 aromatic heterocycles. The average molecular weight is 393 g/mol. The molecule has 1 aliphatic rings. The number of likely N-dealkylation sites (tertiary alicyclic amines) is 1. The second kappa shape index (κ2) is 7.64. The van der Waals surface area contributed by atoms with E-state index in [0.717, 1.165) is 29.1 Å². The molecule has 0 spiro atoms. The van der Waals surface area contributed by atoms with Crippen molar-refractivity contribution in [3.63, 3.8) is 0 Å². The van der Waals surface area contributed by atoms with Crippen molar-refractivity contribution in [2.45, 2.75) is 45.7 Å². The van der Waals surface area contributed by atoms with Gasteiger partial charge in [0, 0.05) is 63.4 Å². The number of rotatable bonds is 6. The first-order valence-corrected chi connectivity index (χ1v) is 9.76. The van der Waals surface area contributed by atoms with E-state index in [4.69, 9.17) is 11.6 Å². The number of aryl methyl sites for hydroxylation is 2. The summed E-state index contributed by atoms with van der Waals surface area (Å²) in [5, 5.41) is 13.1. The van der Waals surface area contributed by atoms with Crippen LogP contribution in [0.25, 0.3) is 0 Å². The first-order chi connectivity index (χ1) is 12.7. The summed E-state index contributed by atoms with van der Waals surface area (Å²) >= 11 is 6.43. The summed E-state index contributed by atoms with van der Waals surface area (Å²) in [5.74, 6) is 0.686. The summed E-state index contributed by atoms with van der Waals surface area (Å²) in [5.41, 5.74) is 4.29. The maximum Gasteiger partial charge on any atom is 0.223 e. The fourth-order valence-electron chi connectivity index (χ4n) is 3.98. The Balaban J connectivity index is 1.74. The van der Waals surface area contributed by atoms with Crippen molar-refractivity contribution in [2.75, 3.05) is 13.6 Å². The maximum atomic E-state index is 12.4. The van der Waals surface area contributed by atoms with Crippen molar-refractivity contribution in [1.29, 1.82) is 0 Å². The lowest BCUT2D eigenvalue weighted by Crippen LogP contribution is -2.29. The van der Waals surface area contributed by atoms with Gasteiger partial charge in [0.05, 0.1) is 17.9 Å². The van der Waals surface area contributed by atoms with Crippen molar-refractivity contribution in [3.05, 3.63) is 33.9 Å². The molecule has 148 valence electrons. The molecule has 27 heavy (non-hydrogen) atoms. The molecule has 0 bridgehead atoms. The molecule has 1 aliphatic heterocycles. The highest BCUT2D eigenvalue weighted by Crippen LogP contribution is 2.38. The van der Waals surface area contributed by atoms with Crippen LogP contribution in [0.5, 0.6) is 0 Å². The SMILES string of the molecule is Cc1c([C@H]2[C@H](CNCc3c(C(C)C)nn(C)c3Cl)CC(=O)N2C)cnn1C. The van der Waals surface area contributed by atoms with Crippen LogP contribution in [0.1, 0.15) is 54.7 Å². The molecule has 0 radical (unpaired) electrons. The van der Waals surface area contributed by atoms with Crippen molar-refractivity contribution >= 4 is 17.5 Å². The molecule has 1 N–H and O–H groups in total. The molecule has 1 saturated heterocycles. The molecule has 3 rings (SSSR count). The summed E-state index contributed by atoms with van der Waals surface area (Å²) in [7, 11) is 5.68. The topological polar surface area (TPSA) is 68.0 Å². The molecule has 0 saturated carbocycles. The van der Waals surface area contributed by atoms with E-state index in [1.165, 1.54) is 0 Å². The van der Waals surface area contributed by atoms with Gasteiger partial charge in [-0.2, -0.15) is 10.2 Å². The van der Waals surface area contributed by atoms with Gasteiger partial charge in [0.2, 0.25) is 5.91 Å². The predicted molar refractivity (Wildman–Crippen MR) is 106 cm³/mol. The van der Waals surface area contributed by atoms with Crippen LogP contribution in [0, 0.1) is 12.8 Å². The predicted octanol–water partition coefficient (Wildman–Crippen LogP) is 2.55. The van der Waals surface area contributed by atoms with Gasteiger partial charge in [0.1, 0.15) is 5.15 Å². The van der Waals surface area contributed by atoms with Gasteiger partial charge in [-0.15, -0.1) is 0 Å². The molecule has 1 fully saturated rings. The molecule has 0 unspecified atom stereocenters. The highest BCUT2D eigenvalue weighted by atomic mass is 35.5. The fraction of sp³-hybridized carbons (Fsp3) is 0.632. The quantitative estimate of drug-likeness (QED) is 0.820. The standard InChI is InChI=1S/C19H29ClN6O/c1-11(2)17-15(19(20)26(6)23-17)9-21-8-13-7-16(27)24(4)18(13)14-10-22-25(5)12(14)3/h10-11,13,18,21H,7-9H2,1-6H3/t13-,18+/m0/s1. The monoisotopic (exact) mass is 392 g/mol. The second-order valence-electron chi connectivity index (χ2n) is 7.79. The van der Waals surface area contributed by atoms with Gasteiger partial charge in [-0.25, -0.2) is 0 Å². The minimum Gasteiger partial charge on any atom is -0.338 e. The number of hydrogen-bond acceptors (Lipinski definition) is 4. The van der Waals surface area contributed by atoms with Gasteiger partial charge in [-0.3, -0.25) is 14.2 Å². The van der Waals surface area contributed by atoms with Gasteiger partial charge in [0.15, 0.2) is 0 Å². The summed E-state index contributed by atoms with van der Waals surface area (Å²) < 4.78 is 3.59. The molecule has 2 aromatic rings. The highest BCUT2D eigenvalue weighted by Gasteiger charge is 2.39. The van der Waals surface area contributed by atoms with E-state index in [1.807, 2.05) is 43.8 Å². The Bertz CT molecular complexity index is 840. The van der Waals surface area contributed by atoms with Crippen LogP contribution < -0.4 is 5.32 Å². The summed E-state index contributed by atoms with van der Waals surface area (Å²) in [6.45, 7) is 7.67. The molecular formula is C19H29ClN6O. The first-order valence-electron chi connectivity index (χ1n) is 9.38. The smallest absolute Gasteiger partial charge is 0.223 e. The van der Waals surface area contributed by atoms with Gasteiger partial charge in [0.25, 0.3) is 0 Å². The number of carbonyl (C=O) groups excluding carboxylic acids is 1. The van der Waals surface area contributed by atoms with E-state index in [1.54, 1.807) is 4.68 Å². The Morgan fingerprint density at radius 1 is 1.30 bits per heavy atom. The zero-order valence-corrected chi connectivity index (χ0v) is 17.7. The first kappa shape index (κ1) is 19.9. The summed E-state index contributed by atoms with van der Waals surface area (Å²) in [4.78, 5) is 14.2. The Hall–Kier alpha value is -1.86. The summed E-state index contributed by atoms with van der Waals surface area (Å²) in [6, 6.07) is 0.0487. The average Bonchev–Trinajstić information content (AvgIpc) is 3.19. The second-order valence-corrected chi connectivity index (χ2v) is 8.14. The van der Waals surface area contributed by atoms with Crippen molar-refractivity contribution in [1.82, 2.24) is 29.8 Å². The molecular weight excluding hydrogens is 364 g/mol. The van der Waals surface area contributed by atoms with Crippen LogP contribution in [-0.2, 0) is 25.4 Å². The molecule has 0 aliphatic carbocycles. The van der Waals surface area contributed by atoms with E-state index < -0.39 is 0 Å². The third-order valence-electron chi connectivity index (χ3n) is 5.64. The molecule has 1 amide bonds. The number of amides is 1. The van der Waals surface area contributed by atoms with Gasteiger partial charge < -0.3 is 10.2 Å². The third kappa shape index (κ3) is 3.62. The lowest BCUT2D eigenvalue weighted by Gasteiger charge is -2.25. The van der Waals surface area contributed by atoms with Crippen LogP contribution >= 0.6 is 11.6 Å². The van der Waals surface area contributed by atoms with E-state index in [9.17, 15) is 4.79 Å². The van der Waals surface area contributed by atoms with E-state index in [0.29, 0.717) is 24.0 Å². The number of nitrogens with one attached hydrogen (secondary N) is 1. The van der Waals surface area contributed by atoms with E-state index in [2.05, 4.69) is 29.4 Å². The minimum absolute atomic E-state index is 0.0487. The third-order valence-corrected chi connectivity index (χ3v) is 6.11. The summed E-state index contributed by atoms with van der Waals surface area (Å²) in [6.07, 6.45) is 2.43. The number of halogens is 1. The van der Waals surface area contributed by atoms with Crippen LogP contribution in [0.2, 0.25) is 5.15 Å². The van der Waals surface area contributed by atoms with Crippen LogP contribution in [-0.4, -0.2) is 44.0 Å². The van der Waals surface area contributed by atoms with Gasteiger partial charge in [-0.1, -0.05) is 25.4 Å². The lowest BCUT2D eigenvalue weighted by molar-refractivity contribution is -0.127. The lowest BCUT2D eigenvalue weighted by atomic mass is 9.94. The largest absolute Gasteiger partial charge is 0.338 e. The minimum atomic E-state index is 0.0487. The number of aromatic nitrogens is 4. The zero-order valence-electron chi connectivity index (χ0n) is 17.0. The van der Waals surface area contributed by atoms with Crippen molar-refractivity contribution in [2.24, 2.45) is 20.0 Å². The van der Waals surface area contributed by atoms with Crippen molar-refractivity contribution < 1.29 is 4.79 Å². The van der Waals surface area contributed by atoms with E-state index in [-0.39, 0.29) is 17.9 Å². The molecule has 0 aromatic carbocycles. The van der Waals surface area contributed by atoms with Crippen LogP contribution in [0.15, 0.2) is 6.20 Å². The molecule has 2 atom stereocenters. The van der Waals surface area contributed by atoms with E-state index >= 15 is 0 Å². The number of nitrogens with zero attached hydrogens (tertiary/aromatic N) is 5. The number of carbonyl (C=O) groups is 1.